The molecule has 0 bridgehead atoms. The SMILES string of the molecule is Cn1ccc2c(S(=O)(=O)Cl)cccc2c1=O. The molecule has 0 fully saturated rings. The molecule has 0 saturated heterocycles. The Bertz CT molecular complexity index is 718. The molecule has 2 rings (SSSR count). The van der Waals surface area contributed by atoms with Crippen molar-refractivity contribution < 1.29 is 8.42 Å². The Balaban J connectivity index is 3.03. The van der Waals surface area contributed by atoms with Gasteiger partial charge in [-0.1, -0.05) is 6.07 Å². The van der Waals surface area contributed by atoms with Crippen LogP contribution in [0, 0.1) is 0 Å². The van der Waals surface area contributed by atoms with Gasteiger partial charge in [0, 0.05) is 34.7 Å². The van der Waals surface area contributed by atoms with Crippen molar-refractivity contribution in [3.8, 4) is 0 Å². The maximum Gasteiger partial charge on any atom is 0.261 e. The molecule has 0 saturated carbocycles. The molecule has 0 spiro atoms. The predicted octanol–water partition coefficient (Wildman–Crippen LogP) is 1.47. The molecule has 0 radical (unpaired) electrons. The lowest BCUT2D eigenvalue weighted by Crippen LogP contribution is -2.16. The summed E-state index contributed by atoms with van der Waals surface area (Å²) in [5.74, 6) is 0. The van der Waals surface area contributed by atoms with Crippen LogP contribution in [0.5, 0.6) is 0 Å². The third kappa shape index (κ3) is 1.72. The summed E-state index contributed by atoms with van der Waals surface area (Å²) in [5, 5.41) is 0.687. The van der Waals surface area contributed by atoms with E-state index in [4.69, 9.17) is 10.7 Å². The Kier molecular flexibility index (Phi) is 2.52. The number of pyridine rings is 1. The molecule has 1 aromatic heterocycles. The zero-order chi connectivity index (χ0) is 11.9. The molecule has 16 heavy (non-hydrogen) atoms. The molecule has 0 aliphatic rings. The Morgan fingerprint density at radius 2 is 1.88 bits per heavy atom. The number of hydrogen-bond donors (Lipinski definition) is 0. The van der Waals surface area contributed by atoms with Crippen LogP contribution in [0.15, 0.2) is 40.2 Å². The number of aromatic nitrogens is 1. The van der Waals surface area contributed by atoms with E-state index in [0.717, 1.165) is 0 Å². The molecule has 2 aromatic rings. The van der Waals surface area contributed by atoms with E-state index in [1.54, 1.807) is 19.2 Å². The Morgan fingerprint density at radius 1 is 1.19 bits per heavy atom. The summed E-state index contributed by atoms with van der Waals surface area (Å²) in [6.07, 6.45) is 1.51. The van der Waals surface area contributed by atoms with Crippen molar-refractivity contribution in [2.45, 2.75) is 4.90 Å². The molecule has 1 heterocycles. The number of fused-ring (bicyclic) bond motifs is 1. The average molecular weight is 258 g/mol. The van der Waals surface area contributed by atoms with E-state index in [0.29, 0.717) is 10.8 Å². The van der Waals surface area contributed by atoms with Crippen molar-refractivity contribution in [1.29, 1.82) is 0 Å². The normalized spacial score (nSPS) is 11.9. The Labute approximate surface area is 96.5 Å². The summed E-state index contributed by atoms with van der Waals surface area (Å²) in [6.45, 7) is 0. The van der Waals surface area contributed by atoms with Gasteiger partial charge in [-0.2, -0.15) is 0 Å². The smallest absolute Gasteiger partial charge is 0.261 e. The second kappa shape index (κ2) is 3.61. The Morgan fingerprint density at radius 3 is 2.50 bits per heavy atom. The molecule has 0 aliphatic heterocycles. The summed E-state index contributed by atoms with van der Waals surface area (Å²) in [7, 11) is 3.06. The molecule has 0 amide bonds. The fourth-order valence-electron chi connectivity index (χ4n) is 1.56. The zero-order valence-electron chi connectivity index (χ0n) is 8.34. The van der Waals surface area contributed by atoms with Crippen LogP contribution >= 0.6 is 10.7 Å². The second-order valence-corrected chi connectivity index (χ2v) is 5.92. The first-order chi connectivity index (χ1) is 7.41. The second-order valence-electron chi connectivity index (χ2n) is 3.39. The summed E-state index contributed by atoms with van der Waals surface area (Å²) < 4.78 is 24.0. The van der Waals surface area contributed by atoms with Crippen molar-refractivity contribution in [2.24, 2.45) is 7.05 Å². The quantitative estimate of drug-likeness (QED) is 0.727. The number of halogens is 1. The molecule has 1 aromatic carbocycles. The molecule has 0 N–H and O–H groups in total. The molecule has 4 nitrogen and oxygen atoms in total. The molecule has 0 atom stereocenters. The van der Waals surface area contributed by atoms with Crippen LogP contribution in [0.1, 0.15) is 0 Å². The summed E-state index contributed by atoms with van der Waals surface area (Å²) in [4.78, 5) is 11.7. The van der Waals surface area contributed by atoms with Crippen LogP contribution in [-0.2, 0) is 16.1 Å². The lowest BCUT2D eigenvalue weighted by atomic mass is 10.2. The first-order valence-electron chi connectivity index (χ1n) is 4.44. The van der Waals surface area contributed by atoms with E-state index in [-0.39, 0.29) is 10.5 Å². The van der Waals surface area contributed by atoms with Gasteiger partial charge in [-0.25, -0.2) is 8.42 Å². The van der Waals surface area contributed by atoms with Crippen molar-refractivity contribution in [3.63, 3.8) is 0 Å². The lowest BCUT2D eigenvalue weighted by Gasteiger charge is -2.04. The van der Waals surface area contributed by atoms with E-state index >= 15 is 0 Å². The highest BCUT2D eigenvalue weighted by Gasteiger charge is 2.14. The van der Waals surface area contributed by atoms with Gasteiger partial charge in [-0.15, -0.1) is 0 Å². The first kappa shape index (κ1) is 11.2. The third-order valence-corrected chi connectivity index (χ3v) is 3.72. The van der Waals surface area contributed by atoms with Gasteiger partial charge in [0.1, 0.15) is 0 Å². The van der Waals surface area contributed by atoms with Crippen LogP contribution in [0.2, 0.25) is 0 Å². The van der Waals surface area contributed by atoms with Gasteiger partial charge in [-0.05, 0) is 18.2 Å². The van der Waals surface area contributed by atoms with Gasteiger partial charge in [-0.3, -0.25) is 4.79 Å². The summed E-state index contributed by atoms with van der Waals surface area (Å²) in [5.41, 5.74) is -0.250. The molecular weight excluding hydrogens is 250 g/mol. The highest BCUT2D eigenvalue weighted by molar-refractivity contribution is 8.14. The highest BCUT2D eigenvalue weighted by atomic mass is 35.7. The summed E-state index contributed by atoms with van der Waals surface area (Å²) in [6, 6.07) is 6.01. The molecule has 84 valence electrons. The first-order valence-corrected chi connectivity index (χ1v) is 6.75. The fraction of sp³-hybridized carbons (Fsp3) is 0.100. The molecule has 0 unspecified atom stereocenters. The van der Waals surface area contributed by atoms with Crippen molar-refractivity contribution >= 4 is 30.5 Å². The van der Waals surface area contributed by atoms with Crippen LogP contribution in [-0.4, -0.2) is 13.0 Å². The maximum atomic E-state index is 11.7. The van der Waals surface area contributed by atoms with Gasteiger partial charge in [0.05, 0.1) is 4.90 Å². The molecular formula is C10H8ClNO3S. The minimum Gasteiger partial charge on any atom is -0.318 e. The van der Waals surface area contributed by atoms with E-state index in [1.165, 1.54) is 22.9 Å². The van der Waals surface area contributed by atoms with Crippen molar-refractivity contribution in [1.82, 2.24) is 4.57 Å². The van der Waals surface area contributed by atoms with E-state index < -0.39 is 9.05 Å². The van der Waals surface area contributed by atoms with Gasteiger partial charge in [0.25, 0.3) is 14.6 Å². The van der Waals surface area contributed by atoms with E-state index in [9.17, 15) is 13.2 Å². The van der Waals surface area contributed by atoms with Crippen molar-refractivity contribution in [2.75, 3.05) is 0 Å². The van der Waals surface area contributed by atoms with Crippen molar-refractivity contribution in [3.05, 3.63) is 40.8 Å². The van der Waals surface area contributed by atoms with Gasteiger partial charge in [0.15, 0.2) is 0 Å². The molecule has 0 aliphatic carbocycles. The number of rotatable bonds is 1. The Hall–Kier alpha value is -1.33. The average Bonchev–Trinajstić information content (AvgIpc) is 2.21. The standard InChI is InChI=1S/C10H8ClNO3S/c1-12-6-5-7-8(10(12)13)3-2-4-9(7)16(11,14)15/h2-6H,1H3. The minimum atomic E-state index is -3.83. The van der Waals surface area contributed by atoms with Crippen LogP contribution in [0.3, 0.4) is 0 Å². The van der Waals surface area contributed by atoms with Gasteiger partial charge >= 0.3 is 0 Å². The minimum absolute atomic E-state index is 0.0376. The summed E-state index contributed by atoms with van der Waals surface area (Å²) >= 11 is 0. The lowest BCUT2D eigenvalue weighted by molar-refractivity contribution is 0.610. The van der Waals surface area contributed by atoms with Gasteiger partial charge in [0.2, 0.25) is 0 Å². The van der Waals surface area contributed by atoms with Crippen LogP contribution in [0.4, 0.5) is 0 Å². The highest BCUT2D eigenvalue weighted by Crippen LogP contribution is 2.23. The van der Waals surface area contributed by atoms with Gasteiger partial charge < -0.3 is 4.57 Å². The fourth-order valence-corrected chi connectivity index (χ4v) is 2.64. The predicted molar refractivity (Wildman–Crippen MR) is 62.2 cm³/mol. The topological polar surface area (TPSA) is 56.1 Å². The maximum absolute atomic E-state index is 11.7. The van der Waals surface area contributed by atoms with Crippen LogP contribution in [0.25, 0.3) is 10.8 Å². The largest absolute Gasteiger partial charge is 0.318 e. The number of aryl methyl sites for hydroxylation is 1. The van der Waals surface area contributed by atoms with Crippen LogP contribution < -0.4 is 5.56 Å². The van der Waals surface area contributed by atoms with E-state index in [2.05, 4.69) is 0 Å². The number of hydrogen-bond acceptors (Lipinski definition) is 3. The monoisotopic (exact) mass is 257 g/mol. The molecule has 6 heteroatoms. The zero-order valence-corrected chi connectivity index (χ0v) is 9.92. The van der Waals surface area contributed by atoms with E-state index in [1.807, 2.05) is 0 Å². The number of benzene rings is 1. The third-order valence-electron chi connectivity index (χ3n) is 2.34. The number of nitrogens with zero attached hydrogens (tertiary/aromatic N) is 1.